The van der Waals surface area contributed by atoms with E-state index in [9.17, 15) is 4.79 Å². The molecule has 0 radical (unpaired) electrons. The van der Waals surface area contributed by atoms with Crippen molar-refractivity contribution >= 4 is 5.91 Å². The highest BCUT2D eigenvalue weighted by Crippen LogP contribution is 2.20. The summed E-state index contributed by atoms with van der Waals surface area (Å²) in [6.45, 7) is 3.83. The van der Waals surface area contributed by atoms with Gasteiger partial charge in [-0.3, -0.25) is 4.79 Å². The monoisotopic (exact) mass is 261 g/mol. The molecule has 0 aromatic heterocycles. The molecule has 1 N–H and O–H groups in total. The lowest BCUT2D eigenvalue weighted by Crippen LogP contribution is -2.25. The van der Waals surface area contributed by atoms with E-state index in [4.69, 9.17) is 0 Å². The van der Waals surface area contributed by atoms with E-state index in [-0.39, 0.29) is 11.9 Å². The summed E-state index contributed by atoms with van der Waals surface area (Å²) in [5, 5.41) is 3.06. The van der Waals surface area contributed by atoms with Crippen molar-refractivity contribution in [3.05, 3.63) is 35.9 Å². The highest BCUT2D eigenvalue weighted by Gasteiger charge is 2.11. The Bertz CT molecular complexity index is 348. The minimum Gasteiger partial charge on any atom is -0.350 e. The first kappa shape index (κ1) is 15.7. The molecule has 0 bridgehead atoms. The van der Waals surface area contributed by atoms with E-state index in [1.165, 1.54) is 44.1 Å². The molecule has 1 rings (SSSR count). The molecule has 0 heterocycles. The molecule has 1 atom stereocenters. The number of carbonyl (C=O) groups excluding carboxylic acids is 1. The van der Waals surface area contributed by atoms with Crippen LogP contribution in [0.1, 0.15) is 70.4 Å². The number of carbonyl (C=O) groups is 1. The molecule has 1 aromatic carbocycles. The highest BCUT2D eigenvalue weighted by molar-refractivity contribution is 5.73. The number of rotatable bonds is 9. The lowest BCUT2D eigenvalue weighted by Gasteiger charge is -2.18. The van der Waals surface area contributed by atoms with Gasteiger partial charge in [-0.05, 0) is 12.0 Å². The second-order valence-electron chi connectivity index (χ2n) is 5.22. The first-order chi connectivity index (χ1) is 9.24. The van der Waals surface area contributed by atoms with E-state index < -0.39 is 0 Å². The number of hydrogen-bond donors (Lipinski definition) is 1. The van der Waals surface area contributed by atoms with Crippen LogP contribution in [0.2, 0.25) is 0 Å². The van der Waals surface area contributed by atoms with Gasteiger partial charge in [0.15, 0.2) is 0 Å². The Morgan fingerprint density at radius 1 is 1.05 bits per heavy atom. The molecule has 0 aliphatic carbocycles. The predicted octanol–water partition coefficient (Wildman–Crippen LogP) is 4.61. The van der Waals surface area contributed by atoms with Gasteiger partial charge in [0.05, 0.1) is 6.04 Å². The molecular formula is C17H27NO. The van der Waals surface area contributed by atoms with Gasteiger partial charge in [0, 0.05) is 6.92 Å². The summed E-state index contributed by atoms with van der Waals surface area (Å²) in [5.41, 5.74) is 1.21. The summed E-state index contributed by atoms with van der Waals surface area (Å²) in [4.78, 5) is 11.3. The maximum absolute atomic E-state index is 11.3. The third kappa shape index (κ3) is 7.00. The van der Waals surface area contributed by atoms with Gasteiger partial charge >= 0.3 is 0 Å². The van der Waals surface area contributed by atoms with Gasteiger partial charge in [-0.1, -0.05) is 75.8 Å². The van der Waals surface area contributed by atoms with Crippen molar-refractivity contribution in [2.75, 3.05) is 0 Å². The van der Waals surface area contributed by atoms with E-state index in [2.05, 4.69) is 24.4 Å². The normalized spacial score (nSPS) is 12.1. The first-order valence-electron chi connectivity index (χ1n) is 7.56. The van der Waals surface area contributed by atoms with Gasteiger partial charge in [0.1, 0.15) is 0 Å². The second-order valence-corrected chi connectivity index (χ2v) is 5.22. The fourth-order valence-electron chi connectivity index (χ4n) is 2.38. The molecule has 0 fully saturated rings. The average molecular weight is 261 g/mol. The van der Waals surface area contributed by atoms with Crippen LogP contribution < -0.4 is 5.32 Å². The fourth-order valence-corrected chi connectivity index (χ4v) is 2.38. The maximum Gasteiger partial charge on any atom is 0.217 e. The van der Waals surface area contributed by atoms with Gasteiger partial charge in [0.25, 0.3) is 0 Å². The highest BCUT2D eigenvalue weighted by atomic mass is 16.1. The van der Waals surface area contributed by atoms with Crippen molar-refractivity contribution < 1.29 is 4.79 Å². The molecule has 0 unspecified atom stereocenters. The van der Waals surface area contributed by atoms with Crippen molar-refractivity contribution in [3.8, 4) is 0 Å². The van der Waals surface area contributed by atoms with Crippen LogP contribution >= 0.6 is 0 Å². The first-order valence-corrected chi connectivity index (χ1v) is 7.56. The molecule has 19 heavy (non-hydrogen) atoms. The van der Waals surface area contributed by atoms with Gasteiger partial charge in [0.2, 0.25) is 5.91 Å². The second kappa shape index (κ2) is 9.60. The summed E-state index contributed by atoms with van der Waals surface area (Å²) in [5.74, 6) is 0.0554. The largest absolute Gasteiger partial charge is 0.350 e. The summed E-state index contributed by atoms with van der Waals surface area (Å²) < 4.78 is 0. The summed E-state index contributed by atoms with van der Waals surface area (Å²) in [6, 6.07) is 10.4. The molecule has 0 aliphatic rings. The number of unbranched alkanes of at least 4 members (excludes halogenated alkanes) is 5. The van der Waals surface area contributed by atoms with E-state index in [1.54, 1.807) is 6.92 Å². The van der Waals surface area contributed by atoms with Crippen LogP contribution in [-0.2, 0) is 4.79 Å². The smallest absolute Gasteiger partial charge is 0.217 e. The van der Waals surface area contributed by atoms with Crippen LogP contribution in [0.25, 0.3) is 0 Å². The van der Waals surface area contributed by atoms with Crippen molar-refractivity contribution in [2.24, 2.45) is 0 Å². The standard InChI is InChI=1S/C17H27NO/c1-3-4-5-6-7-11-14-17(18-15(2)19)16-12-9-8-10-13-16/h8-10,12-13,17H,3-7,11,14H2,1-2H3,(H,18,19)/t17-/m0/s1. The minimum atomic E-state index is 0.0554. The van der Waals surface area contributed by atoms with Crippen molar-refractivity contribution in [3.63, 3.8) is 0 Å². The maximum atomic E-state index is 11.3. The molecule has 1 amide bonds. The Labute approximate surface area is 117 Å². The number of hydrogen-bond acceptors (Lipinski definition) is 1. The Balaban J connectivity index is 2.36. The van der Waals surface area contributed by atoms with E-state index >= 15 is 0 Å². The van der Waals surface area contributed by atoms with Gasteiger partial charge < -0.3 is 5.32 Å². The molecule has 0 spiro atoms. The number of amides is 1. The third-order valence-corrected chi connectivity index (χ3v) is 3.43. The Morgan fingerprint density at radius 2 is 1.68 bits per heavy atom. The zero-order valence-electron chi connectivity index (χ0n) is 12.3. The van der Waals surface area contributed by atoms with Crippen LogP contribution in [-0.4, -0.2) is 5.91 Å². The van der Waals surface area contributed by atoms with E-state index in [0.29, 0.717) is 0 Å². The van der Waals surface area contributed by atoms with Crippen LogP contribution in [0.5, 0.6) is 0 Å². The van der Waals surface area contributed by atoms with E-state index in [0.717, 1.165) is 6.42 Å². The van der Waals surface area contributed by atoms with Crippen LogP contribution in [0.4, 0.5) is 0 Å². The lowest BCUT2D eigenvalue weighted by atomic mass is 9.99. The predicted molar refractivity (Wildman–Crippen MR) is 81.0 cm³/mol. The minimum absolute atomic E-state index is 0.0554. The van der Waals surface area contributed by atoms with Gasteiger partial charge in [-0.25, -0.2) is 0 Å². The van der Waals surface area contributed by atoms with Crippen LogP contribution in [0.15, 0.2) is 30.3 Å². The molecule has 106 valence electrons. The molecule has 2 heteroatoms. The average Bonchev–Trinajstić information content (AvgIpc) is 2.42. The number of nitrogens with one attached hydrogen (secondary N) is 1. The molecule has 0 aliphatic heterocycles. The zero-order valence-corrected chi connectivity index (χ0v) is 12.3. The van der Waals surface area contributed by atoms with Crippen molar-refractivity contribution in [1.82, 2.24) is 5.32 Å². The molecule has 0 saturated heterocycles. The van der Waals surface area contributed by atoms with Gasteiger partial charge in [-0.15, -0.1) is 0 Å². The SMILES string of the molecule is CCCCCCCC[C@H](NC(C)=O)c1ccccc1. The van der Waals surface area contributed by atoms with Crippen molar-refractivity contribution in [1.29, 1.82) is 0 Å². The summed E-state index contributed by atoms with van der Waals surface area (Å²) >= 11 is 0. The topological polar surface area (TPSA) is 29.1 Å². The number of benzene rings is 1. The molecule has 0 saturated carbocycles. The van der Waals surface area contributed by atoms with Crippen LogP contribution in [0, 0.1) is 0 Å². The van der Waals surface area contributed by atoms with Crippen molar-refractivity contribution in [2.45, 2.75) is 64.8 Å². The Hall–Kier alpha value is -1.31. The van der Waals surface area contributed by atoms with Crippen LogP contribution in [0.3, 0.4) is 0 Å². The Morgan fingerprint density at radius 3 is 2.32 bits per heavy atom. The third-order valence-electron chi connectivity index (χ3n) is 3.43. The zero-order chi connectivity index (χ0) is 13.9. The Kier molecular flexibility index (Phi) is 7.95. The quantitative estimate of drug-likeness (QED) is 0.646. The molecule has 1 aromatic rings. The molecule has 2 nitrogen and oxygen atoms in total. The fraction of sp³-hybridized carbons (Fsp3) is 0.588. The molecular weight excluding hydrogens is 234 g/mol. The lowest BCUT2D eigenvalue weighted by molar-refractivity contribution is -0.119. The van der Waals surface area contributed by atoms with Gasteiger partial charge in [-0.2, -0.15) is 0 Å². The van der Waals surface area contributed by atoms with E-state index in [1.807, 2.05) is 18.2 Å². The summed E-state index contributed by atoms with van der Waals surface area (Å²) in [7, 11) is 0. The summed E-state index contributed by atoms with van der Waals surface area (Å²) in [6.07, 6.45) is 8.77.